The molecule has 1 unspecified atom stereocenters. The van der Waals surface area contributed by atoms with E-state index in [2.05, 4.69) is 12.2 Å². The molecule has 0 heterocycles. The summed E-state index contributed by atoms with van der Waals surface area (Å²) >= 11 is 0. The zero-order valence-electron chi connectivity index (χ0n) is 9.38. The van der Waals surface area contributed by atoms with Crippen LogP contribution in [-0.2, 0) is 9.53 Å². The molecule has 0 rings (SSSR count). The van der Waals surface area contributed by atoms with E-state index in [1.54, 1.807) is 13.3 Å². The molecule has 3 heteroatoms. The average Bonchev–Trinajstić information content (AvgIpc) is 2.22. The molecule has 3 nitrogen and oxygen atoms in total. The molecular weight excluding hydrogens is 178 g/mol. The summed E-state index contributed by atoms with van der Waals surface area (Å²) in [6.45, 7) is 5.01. The van der Waals surface area contributed by atoms with Crippen molar-refractivity contribution in [2.75, 3.05) is 13.7 Å². The smallest absolute Gasteiger partial charge is 0.147 e. The lowest BCUT2D eigenvalue weighted by Crippen LogP contribution is -2.12. The molecule has 0 spiro atoms. The first kappa shape index (κ1) is 13.2. The Morgan fingerprint density at radius 1 is 1.57 bits per heavy atom. The Morgan fingerprint density at radius 2 is 2.29 bits per heavy atom. The van der Waals surface area contributed by atoms with Crippen molar-refractivity contribution in [1.29, 1.82) is 0 Å². The fraction of sp³-hybridized carbons (Fsp3) is 0.727. The third-order valence-electron chi connectivity index (χ3n) is 2.04. The summed E-state index contributed by atoms with van der Waals surface area (Å²) < 4.78 is 5.08. The van der Waals surface area contributed by atoms with Gasteiger partial charge in [0, 0.05) is 31.8 Å². The molecule has 0 saturated carbocycles. The first-order valence-electron chi connectivity index (χ1n) is 5.15. The standard InChI is InChI=1S/C11H21NO2/c1-4-5-6-12-8-11(9-13)7-10(2)14-3/h8-10,12H,4-7H2,1-3H3/b11-8-. The molecule has 14 heavy (non-hydrogen) atoms. The lowest BCUT2D eigenvalue weighted by atomic mass is 10.1. The monoisotopic (exact) mass is 199 g/mol. The van der Waals surface area contributed by atoms with Crippen LogP contribution in [0.2, 0.25) is 0 Å². The molecule has 0 aromatic carbocycles. The van der Waals surface area contributed by atoms with Crippen LogP contribution in [-0.4, -0.2) is 26.0 Å². The van der Waals surface area contributed by atoms with E-state index in [1.165, 1.54) is 0 Å². The van der Waals surface area contributed by atoms with Gasteiger partial charge in [-0.3, -0.25) is 4.79 Å². The van der Waals surface area contributed by atoms with E-state index < -0.39 is 0 Å². The summed E-state index contributed by atoms with van der Waals surface area (Å²) in [5, 5.41) is 3.12. The summed E-state index contributed by atoms with van der Waals surface area (Å²) in [5.41, 5.74) is 0.760. The Hall–Kier alpha value is -0.830. The molecule has 0 fully saturated rings. The van der Waals surface area contributed by atoms with Crippen LogP contribution in [0, 0.1) is 0 Å². The highest BCUT2D eigenvalue weighted by molar-refractivity contribution is 5.72. The fourth-order valence-corrected chi connectivity index (χ4v) is 1.04. The molecule has 0 aromatic rings. The van der Waals surface area contributed by atoms with Crippen molar-refractivity contribution in [3.63, 3.8) is 0 Å². The van der Waals surface area contributed by atoms with Crippen LogP contribution in [0.3, 0.4) is 0 Å². The van der Waals surface area contributed by atoms with Gasteiger partial charge >= 0.3 is 0 Å². The predicted molar refractivity (Wildman–Crippen MR) is 58.1 cm³/mol. The van der Waals surface area contributed by atoms with Gasteiger partial charge in [-0.05, 0) is 13.3 Å². The zero-order valence-corrected chi connectivity index (χ0v) is 9.38. The molecule has 0 bridgehead atoms. The molecule has 0 radical (unpaired) electrons. The number of hydrogen-bond acceptors (Lipinski definition) is 3. The number of aldehydes is 1. The number of carbonyl (C=O) groups is 1. The largest absolute Gasteiger partial charge is 0.391 e. The van der Waals surface area contributed by atoms with Crippen LogP contribution in [0.15, 0.2) is 11.8 Å². The first-order chi connectivity index (χ1) is 6.74. The SMILES string of the molecule is CCCCN/C=C(\C=O)CC(C)OC. The van der Waals surface area contributed by atoms with Crippen LogP contribution in [0.1, 0.15) is 33.1 Å². The maximum Gasteiger partial charge on any atom is 0.147 e. The summed E-state index contributed by atoms with van der Waals surface area (Å²) in [7, 11) is 1.65. The Bertz CT molecular complexity index is 178. The summed E-state index contributed by atoms with van der Waals surface area (Å²) in [6, 6.07) is 0. The highest BCUT2D eigenvalue weighted by Gasteiger charge is 2.02. The van der Waals surface area contributed by atoms with Crippen LogP contribution in [0.25, 0.3) is 0 Å². The van der Waals surface area contributed by atoms with Gasteiger partial charge < -0.3 is 10.1 Å². The number of rotatable bonds is 8. The maximum absolute atomic E-state index is 10.7. The minimum atomic E-state index is 0.0967. The number of ether oxygens (including phenoxy) is 1. The van der Waals surface area contributed by atoms with Gasteiger partial charge in [-0.2, -0.15) is 0 Å². The lowest BCUT2D eigenvalue weighted by Gasteiger charge is -2.08. The normalized spacial score (nSPS) is 13.8. The van der Waals surface area contributed by atoms with E-state index in [-0.39, 0.29) is 6.10 Å². The van der Waals surface area contributed by atoms with Crippen LogP contribution in [0.5, 0.6) is 0 Å². The van der Waals surface area contributed by atoms with Crippen LogP contribution >= 0.6 is 0 Å². The van der Waals surface area contributed by atoms with Gasteiger partial charge in [0.1, 0.15) is 6.29 Å². The third kappa shape index (κ3) is 6.66. The molecule has 0 aliphatic carbocycles. The van der Waals surface area contributed by atoms with Gasteiger partial charge in [-0.1, -0.05) is 13.3 Å². The summed E-state index contributed by atoms with van der Waals surface area (Å²) in [5.74, 6) is 0. The van der Waals surface area contributed by atoms with Gasteiger partial charge in [0.2, 0.25) is 0 Å². The second-order valence-electron chi connectivity index (χ2n) is 3.40. The van der Waals surface area contributed by atoms with Crippen molar-refractivity contribution >= 4 is 6.29 Å². The van der Waals surface area contributed by atoms with Crippen LogP contribution in [0.4, 0.5) is 0 Å². The van der Waals surface area contributed by atoms with Gasteiger partial charge in [-0.25, -0.2) is 0 Å². The molecule has 0 saturated heterocycles. The van der Waals surface area contributed by atoms with Gasteiger partial charge in [0.15, 0.2) is 0 Å². The van der Waals surface area contributed by atoms with E-state index in [1.807, 2.05) is 6.92 Å². The van der Waals surface area contributed by atoms with E-state index in [9.17, 15) is 4.79 Å². The number of carbonyl (C=O) groups excluding carboxylic acids is 1. The zero-order chi connectivity index (χ0) is 10.8. The minimum Gasteiger partial charge on any atom is -0.391 e. The Labute approximate surface area is 86.5 Å². The van der Waals surface area contributed by atoms with Crippen molar-refractivity contribution in [2.45, 2.75) is 39.2 Å². The molecular formula is C11H21NO2. The number of unbranched alkanes of at least 4 members (excludes halogenated alkanes) is 1. The first-order valence-corrected chi connectivity index (χ1v) is 5.15. The van der Waals surface area contributed by atoms with Crippen LogP contribution < -0.4 is 5.32 Å². The lowest BCUT2D eigenvalue weighted by molar-refractivity contribution is -0.105. The topological polar surface area (TPSA) is 38.3 Å². The number of hydrogen-bond donors (Lipinski definition) is 1. The second-order valence-corrected chi connectivity index (χ2v) is 3.40. The van der Waals surface area contributed by atoms with Crippen molar-refractivity contribution < 1.29 is 9.53 Å². The van der Waals surface area contributed by atoms with Gasteiger partial charge in [0.05, 0.1) is 6.10 Å². The Morgan fingerprint density at radius 3 is 2.79 bits per heavy atom. The summed E-state index contributed by atoms with van der Waals surface area (Å²) in [6.07, 6.45) is 5.72. The molecule has 0 aliphatic heterocycles. The maximum atomic E-state index is 10.7. The molecule has 1 atom stereocenters. The Balaban J connectivity index is 3.80. The number of methoxy groups -OCH3 is 1. The third-order valence-corrected chi connectivity index (χ3v) is 2.04. The summed E-state index contributed by atoms with van der Waals surface area (Å²) in [4.78, 5) is 10.7. The molecule has 0 aliphatic rings. The van der Waals surface area contributed by atoms with Gasteiger partial charge in [0.25, 0.3) is 0 Å². The quantitative estimate of drug-likeness (QED) is 0.368. The highest BCUT2D eigenvalue weighted by atomic mass is 16.5. The van der Waals surface area contributed by atoms with Crippen molar-refractivity contribution in [3.05, 3.63) is 11.8 Å². The van der Waals surface area contributed by atoms with E-state index in [4.69, 9.17) is 4.74 Å². The van der Waals surface area contributed by atoms with E-state index >= 15 is 0 Å². The average molecular weight is 199 g/mol. The van der Waals surface area contributed by atoms with Crippen molar-refractivity contribution in [3.8, 4) is 0 Å². The van der Waals surface area contributed by atoms with Crippen molar-refractivity contribution in [1.82, 2.24) is 5.32 Å². The molecule has 82 valence electrons. The molecule has 0 amide bonds. The fourth-order valence-electron chi connectivity index (χ4n) is 1.04. The highest BCUT2D eigenvalue weighted by Crippen LogP contribution is 2.03. The number of nitrogens with one attached hydrogen (secondary N) is 1. The Kier molecular flexibility index (Phi) is 8.24. The predicted octanol–water partition coefficient (Wildman–Crippen LogP) is 1.88. The second kappa shape index (κ2) is 8.75. The van der Waals surface area contributed by atoms with Crippen molar-refractivity contribution in [2.24, 2.45) is 0 Å². The van der Waals surface area contributed by atoms with E-state index in [0.29, 0.717) is 6.42 Å². The molecule has 1 N–H and O–H groups in total. The van der Waals surface area contributed by atoms with E-state index in [0.717, 1.165) is 31.2 Å². The minimum absolute atomic E-state index is 0.0967. The molecule has 0 aromatic heterocycles. The van der Waals surface area contributed by atoms with Gasteiger partial charge in [-0.15, -0.1) is 0 Å².